The number of aromatic amines is 1. The van der Waals surface area contributed by atoms with Gasteiger partial charge in [-0.2, -0.15) is 5.10 Å². The highest BCUT2D eigenvalue weighted by Crippen LogP contribution is 2.18. The predicted molar refractivity (Wildman–Crippen MR) is 111 cm³/mol. The van der Waals surface area contributed by atoms with Gasteiger partial charge in [-0.3, -0.25) is 19.6 Å². The predicted octanol–water partition coefficient (Wildman–Crippen LogP) is 2.40. The van der Waals surface area contributed by atoms with E-state index in [0.29, 0.717) is 42.7 Å². The van der Waals surface area contributed by atoms with E-state index in [1.807, 2.05) is 31.2 Å². The number of para-hydroxylation sites is 1. The smallest absolute Gasteiger partial charge is 0.275 e. The van der Waals surface area contributed by atoms with Gasteiger partial charge in [-0.15, -0.1) is 0 Å². The molecule has 0 aliphatic carbocycles. The molecule has 1 unspecified atom stereocenters. The number of carbonyl (C=O) groups is 2. The lowest BCUT2D eigenvalue weighted by atomic mass is 10.1. The Morgan fingerprint density at radius 3 is 2.62 bits per heavy atom. The van der Waals surface area contributed by atoms with E-state index in [1.54, 1.807) is 17.0 Å². The summed E-state index contributed by atoms with van der Waals surface area (Å²) < 4.78 is 0. The molecule has 4 rings (SSSR count). The minimum atomic E-state index is -0.337. The van der Waals surface area contributed by atoms with E-state index in [4.69, 9.17) is 11.6 Å². The van der Waals surface area contributed by atoms with Crippen molar-refractivity contribution in [2.24, 2.45) is 0 Å². The highest BCUT2D eigenvalue weighted by molar-refractivity contribution is 6.30. The zero-order chi connectivity index (χ0) is 20.4. The Balaban J connectivity index is 1.35. The SMILES string of the molecule is CC(C(=O)Nc1ccc(Cl)cn1)N1CCN(C(=O)c2n[nH]c3ccccc23)CC1. The highest BCUT2D eigenvalue weighted by atomic mass is 35.5. The van der Waals surface area contributed by atoms with Gasteiger partial charge in [0.1, 0.15) is 5.82 Å². The summed E-state index contributed by atoms with van der Waals surface area (Å²) in [7, 11) is 0. The summed E-state index contributed by atoms with van der Waals surface area (Å²) in [6.45, 7) is 4.14. The molecule has 1 aliphatic rings. The maximum atomic E-state index is 12.9. The molecule has 29 heavy (non-hydrogen) atoms. The fraction of sp³-hybridized carbons (Fsp3) is 0.300. The molecule has 3 heterocycles. The molecule has 1 fully saturated rings. The third-order valence-corrected chi connectivity index (χ3v) is 5.40. The van der Waals surface area contributed by atoms with E-state index in [0.717, 1.165) is 10.9 Å². The summed E-state index contributed by atoms with van der Waals surface area (Å²) in [4.78, 5) is 33.3. The van der Waals surface area contributed by atoms with Crippen LogP contribution in [0.15, 0.2) is 42.6 Å². The second-order valence-corrected chi connectivity index (χ2v) is 7.41. The van der Waals surface area contributed by atoms with Gasteiger partial charge in [-0.05, 0) is 25.1 Å². The molecule has 1 atom stereocenters. The second kappa shape index (κ2) is 8.18. The fourth-order valence-corrected chi connectivity index (χ4v) is 3.55. The normalized spacial score (nSPS) is 16.0. The van der Waals surface area contributed by atoms with Crippen molar-refractivity contribution >= 4 is 40.1 Å². The summed E-state index contributed by atoms with van der Waals surface area (Å²) in [6.07, 6.45) is 1.49. The molecule has 8 nitrogen and oxygen atoms in total. The number of hydrogen-bond donors (Lipinski definition) is 2. The van der Waals surface area contributed by atoms with Gasteiger partial charge >= 0.3 is 0 Å². The van der Waals surface area contributed by atoms with Crippen LogP contribution in [0.3, 0.4) is 0 Å². The number of amides is 2. The second-order valence-electron chi connectivity index (χ2n) is 6.97. The van der Waals surface area contributed by atoms with E-state index < -0.39 is 0 Å². The molecular weight excluding hydrogens is 392 g/mol. The maximum Gasteiger partial charge on any atom is 0.275 e. The number of nitrogens with one attached hydrogen (secondary N) is 2. The Morgan fingerprint density at radius 2 is 1.90 bits per heavy atom. The van der Waals surface area contributed by atoms with Crippen LogP contribution >= 0.6 is 11.6 Å². The van der Waals surface area contributed by atoms with Crippen molar-refractivity contribution in [3.8, 4) is 0 Å². The quantitative estimate of drug-likeness (QED) is 0.686. The molecule has 1 aromatic carbocycles. The first-order valence-corrected chi connectivity index (χ1v) is 9.79. The number of fused-ring (bicyclic) bond motifs is 1. The van der Waals surface area contributed by atoms with Gasteiger partial charge in [0.15, 0.2) is 5.69 Å². The Bertz CT molecular complexity index is 1030. The number of carbonyl (C=O) groups excluding carboxylic acids is 2. The zero-order valence-corrected chi connectivity index (χ0v) is 16.7. The molecule has 150 valence electrons. The van der Waals surface area contributed by atoms with Crippen LogP contribution in [0.1, 0.15) is 17.4 Å². The number of aromatic nitrogens is 3. The van der Waals surface area contributed by atoms with Gasteiger partial charge in [0, 0.05) is 37.8 Å². The van der Waals surface area contributed by atoms with Crippen LogP contribution in [0.4, 0.5) is 5.82 Å². The van der Waals surface area contributed by atoms with E-state index in [-0.39, 0.29) is 17.9 Å². The highest BCUT2D eigenvalue weighted by Gasteiger charge is 2.29. The third kappa shape index (κ3) is 4.08. The van der Waals surface area contributed by atoms with Crippen molar-refractivity contribution < 1.29 is 9.59 Å². The molecule has 3 aromatic rings. The molecule has 2 aromatic heterocycles. The summed E-state index contributed by atoms with van der Waals surface area (Å²) in [6, 6.07) is 10.6. The largest absolute Gasteiger partial charge is 0.335 e. The van der Waals surface area contributed by atoms with Crippen molar-refractivity contribution in [1.29, 1.82) is 0 Å². The van der Waals surface area contributed by atoms with Gasteiger partial charge < -0.3 is 10.2 Å². The third-order valence-electron chi connectivity index (χ3n) is 5.18. The van der Waals surface area contributed by atoms with Crippen molar-refractivity contribution in [1.82, 2.24) is 25.0 Å². The molecule has 9 heteroatoms. The summed E-state index contributed by atoms with van der Waals surface area (Å²) in [5.41, 5.74) is 1.28. The standard InChI is InChI=1S/C20H21ClN6O2/c1-13(19(28)23-17-7-6-14(21)12-22-17)26-8-10-27(11-9-26)20(29)18-15-4-2-3-5-16(15)24-25-18/h2-7,12-13H,8-11H2,1H3,(H,24,25)(H,22,23,28). The number of H-pyrrole nitrogens is 1. The van der Waals surface area contributed by atoms with Crippen molar-refractivity contribution in [3.05, 3.63) is 53.3 Å². The van der Waals surface area contributed by atoms with Gasteiger partial charge in [0.25, 0.3) is 5.91 Å². The number of pyridine rings is 1. The number of benzene rings is 1. The maximum absolute atomic E-state index is 12.9. The van der Waals surface area contributed by atoms with Crippen LogP contribution in [-0.2, 0) is 4.79 Å². The van der Waals surface area contributed by atoms with E-state index in [2.05, 4.69) is 25.4 Å². The average Bonchev–Trinajstić information content (AvgIpc) is 3.18. The van der Waals surface area contributed by atoms with Gasteiger partial charge in [0.2, 0.25) is 5.91 Å². The van der Waals surface area contributed by atoms with Crippen LogP contribution in [0.25, 0.3) is 10.9 Å². The molecular formula is C20H21ClN6O2. The minimum absolute atomic E-state index is 0.0930. The first kappa shape index (κ1) is 19.4. The fourth-order valence-electron chi connectivity index (χ4n) is 3.43. The van der Waals surface area contributed by atoms with Gasteiger partial charge in [-0.25, -0.2) is 4.98 Å². The van der Waals surface area contributed by atoms with E-state index in [1.165, 1.54) is 6.20 Å². The number of halogens is 1. The minimum Gasteiger partial charge on any atom is -0.335 e. The van der Waals surface area contributed by atoms with Crippen molar-refractivity contribution in [2.75, 3.05) is 31.5 Å². The monoisotopic (exact) mass is 412 g/mol. The Hall–Kier alpha value is -2.97. The van der Waals surface area contributed by atoms with Crippen LogP contribution < -0.4 is 5.32 Å². The van der Waals surface area contributed by atoms with Crippen molar-refractivity contribution in [3.63, 3.8) is 0 Å². The van der Waals surface area contributed by atoms with Crippen LogP contribution in [0.5, 0.6) is 0 Å². The summed E-state index contributed by atoms with van der Waals surface area (Å²) >= 11 is 5.82. The Kier molecular flexibility index (Phi) is 5.46. The molecule has 2 amide bonds. The molecule has 2 N–H and O–H groups in total. The molecule has 1 aliphatic heterocycles. The first-order chi connectivity index (χ1) is 14.0. The van der Waals surface area contributed by atoms with Crippen LogP contribution in [0, 0.1) is 0 Å². The molecule has 0 saturated carbocycles. The molecule has 0 bridgehead atoms. The van der Waals surface area contributed by atoms with E-state index >= 15 is 0 Å². The lowest BCUT2D eigenvalue weighted by molar-refractivity contribution is -0.121. The number of nitrogens with zero attached hydrogens (tertiary/aromatic N) is 4. The van der Waals surface area contributed by atoms with Gasteiger partial charge in [0.05, 0.1) is 16.6 Å². The molecule has 0 spiro atoms. The number of piperazine rings is 1. The summed E-state index contributed by atoms with van der Waals surface area (Å²) in [5.74, 6) is 0.230. The number of rotatable bonds is 4. The molecule has 0 radical (unpaired) electrons. The average molecular weight is 413 g/mol. The summed E-state index contributed by atoms with van der Waals surface area (Å²) in [5, 5.41) is 11.2. The van der Waals surface area contributed by atoms with Crippen LogP contribution in [0.2, 0.25) is 5.02 Å². The lowest BCUT2D eigenvalue weighted by Crippen LogP contribution is -2.54. The lowest BCUT2D eigenvalue weighted by Gasteiger charge is -2.37. The van der Waals surface area contributed by atoms with Gasteiger partial charge in [-0.1, -0.05) is 29.8 Å². The number of hydrogen-bond acceptors (Lipinski definition) is 5. The Morgan fingerprint density at radius 1 is 1.14 bits per heavy atom. The molecule has 1 saturated heterocycles. The zero-order valence-electron chi connectivity index (χ0n) is 15.9. The van der Waals surface area contributed by atoms with Crippen LogP contribution in [-0.4, -0.2) is 69.0 Å². The van der Waals surface area contributed by atoms with Crippen molar-refractivity contribution in [2.45, 2.75) is 13.0 Å². The first-order valence-electron chi connectivity index (χ1n) is 9.42. The van der Waals surface area contributed by atoms with E-state index in [9.17, 15) is 9.59 Å². The topological polar surface area (TPSA) is 94.2 Å². The Labute approximate surface area is 172 Å². The number of anilines is 1.